The highest BCUT2D eigenvalue weighted by Gasteiger charge is 2.06. The van der Waals surface area contributed by atoms with E-state index in [4.69, 9.17) is 21.1 Å². The van der Waals surface area contributed by atoms with Crippen LogP contribution in [0.25, 0.3) is 0 Å². The minimum absolute atomic E-state index is 0.243. The van der Waals surface area contributed by atoms with Crippen molar-refractivity contribution in [3.8, 4) is 11.5 Å². The lowest BCUT2D eigenvalue weighted by atomic mass is 10.3. The first-order chi connectivity index (χ1) is 11.6. The van der Waals surface area contributed by atoms with Crippen LogP contribution in [0.5, 0.6) is 11.5 Å². The molecule has 24 heavy (non-hydrogen) atoms. The normalized spacial score (nSPS) is 9.75. The van der Waals surface area contributed by atoms with Crippen LogP contribution >= 0.6 is 11.6 Å². The Bertz CT molecular complexity index is 689. The molecule has 2 rings (SSSR count). The van der Waals surface area contributed by atoms with Gasteiger partial charge < -0.3 is 14.8 Å². The number of halogens is 1. The molecule has 0 bridgehead atoms. The molecule has 3 N–H and O–H groups in total. The molecule has 0 aromatic heterocycles. The summed E-state index contributed by atoms with van der Waals surface area (Å²) in [5, 5.41) is 3.09. The van der Waals surface area contributed by atoms with E-state index in [-0.39, 0.29) is 6.61 Å². The molecule has 8 heteroatoms. The first kappa shape index (κ1) is 17.4. The predicted molar refractivity (Wildman–Crippen MR) is 90.2 cm³/mol. The maximum absolute atomic E-state index is 11.6. The van der Waals surface area contributed by atoms with E-state index in [2.05, 4.69) is 16.2 Å². The number of hydrogen-bond donors (Lipinski definition) is 3. The number of anilines is 1. The van der Waals surface area contributed by atoms with Crippen molar-refractivity contribution in [3.63, 3.8) is 0 Å². The molecule has 7 nitrogen and oxygen atoms in total. The average molecular weight is 350 g/mol. The summed E-state index contributed by atoms with van der Waals surface area (Å²) in [6.45, 7) is -0.243. The number of hydrogen-bond acceptors (Lipinski definition) is 4. The Balaban J connectivity index is 1.70. The second-order valence-electron chi connectivity index (χ2n) is 4.60. The number of amides is 3. The van der Waals surface area contributed by atoms with E-state index < -0.39 is 11.9 Å². The average Bonchev–Trinajstić information content (AvgIpc) is 2.60. The second-order valence-corrected chi connectivity index (χ2v) is 5.03. The number of ether oxygens (including phenoxy) is 2. The number of nitrogens with one attached hydrogen (secondary N) is 3. The Morgan fingerprint density at radius 3 is 2.21 bits per heavy atom. The van der Waals surface area contributed by atoms with Gasteiger partial charge in [-0.25, -0.2) is 10.2 Å². The number of methoxy groups -OCH3 is 1. The smallest absolute Gasteiger partial charge is 0.337 e. The molecule has 2 aromatic rings. The molecule has 126 valence electrons. The van der Waals surface area contributed by atoms with Gasteiger partial charge in [0.05, 0.1) is 7.11 Å². The molecule has 0 fully saturated rings. The number of carbonyl (C=O) groups is 2. The van der Waals surface area contributed by atoms with E-state index in [9.17, 15) is 9.59 Å². The fourth-order valence-corrected chi connectivity index (χ4v) is 1.80. The lowest BCUT2D eigenvalue weighted by Gasteiger charge is -2.10. The second kappa shape index (κ2) is 8.64. The maximum Gasteiger partial charge on any atom is 0.337 e. The Morgan fingerprint density at radius 1 is 0.958 bits per heavy atom. The summed E-state index contributed by atoms with van der Waals surface area (Å²) in [4.78, 5) is 23.2. The Morgan fingerprint density at radius 2 is 1.58 bits per heavy atom. The van der Waals surface area contributed by atoms with Crippen LogP contribution in [0.4, 0.5) is 10.5 Å². The SMILES string of the molecule is COc1ccc(OCC(=O)NNC(=O)Nc2ccc(Cl)cc2)cc1. The van der Waals surface area contributed by atoms with Crippen molar-refractivity contribution in [2.75, 3.05) is 19.0 Å². The number of hydrazine groups is 1. The maximum atomic E-state index is 11.6. The zero-order valence-electron chi connectivity index (χ0n) is 12.8. The first-order valence-electron chi connectivity index (χ1n) is 6.95. The Hall–Kier alpha value is -2.93. The van der Waals surface area contributed by atoms with Crippen molar-refractivity contribution in [1.82, 2.24) is 10.9 Å². The van der Waals surface area contributed by atoms with E-state index in [1.54, 1.807) is 55.6 Å². The molecular formula is C16H16ClN3O4. The van der Waals surface area contributed by atoms with Crippen molar-refractivity contribution in [2.24, 2.45) is 0 Å². The summed E-state index contributed by atoms with van der Waals surface area (Å²) < 4.78 is 10.3. The summed E-state index contributed by atoms with van der Waals surface area (Å²) in [6, 6.07) is 12.7. The van der Waals surface area contributed by atoms with Gasteiger partial charge in [-0.15, -0.1) is 0 Å². The zero-order valence-corrected chi connectivity index (χ0v) is 13.6. The quantitative estimate of drug-likeness (QED) is 0.724. The van der Waals surface area contributed by atoms with Crippen LogP contribution in [0.15, 0.2) is 48.5 Å². The lowest BCUT2D eigenvalue weighted by molar-refractivity contribution is -0.123. The molecule has 0 saturated carbocycles. The molecule has 0 radical (unpaired) electrons. The number of urea groups is 1. The molecule has 0 unspecified atom stereocenters. The standard InChI is InChI=1S/C16H16ClN3O4/c1-23-13-6-8-14(9-7-13)24-10-15(21)19-20-16(22)18-12-4-2-11(17)3-5-12/h2-9H,10H2,1H3,(H,19,21)(H2,18,20,22). The lowest BCUT2D eigenvalue weighted by Crippen LogP contribution is -2.45. The fraction of sp³-hybridized carbons (Fsp3) is 0.125. The van der Waals surface area contributed by atoms with Gasteiger partial charge >= 0.3 is 6.03 Å². The number of rotatable bonds is 5. The highest BCUT2D eigenvalue weighted by Crippen LogP contribution is 2.16. The van der Waals surface area contributed by atoms with Crippen molar-refractivity contribution in [2.45, 2.75) is 0 Å². The molecule has 0 aliphatic carbocycles. The topological polar surface area (TPSA) is 88.7 Å². The third-order valence-corrected chi connectivity index (χ3v) is 3.10. The molecule has 0 aliphatic rings. The summed E-state index contributed by atoms with van der Waals surface area (Å²) in [6.07, 6.45) is 0. The summed E-state index contributed by atoms with van der Waals surface area (Å²) in [5.74, 6) is 0.695. The number of benzene rings is 2. The van der Waals surface area contributed by atoms with Crippen LogP contribution in [-0.2, 0) is 4.79 Å². The van der Waals surface area contributed by atoms with Gasteiger partial charge in [-0.1, -0.05) is 11.6 Å². The zero-order chi connectivity index (χ0) is 17.4. The van der Waals surface area contributed by atoms with Crippen LogP contribution in [0.1, 0.15) is 0 Å². The third kappa shape index (κ3) is 5.69. The molecule has 0 heterocycles. The van der Waals surface area contributed by atoms with E-state index in [0.29, 0.717) is 22.2 Å². The largest absolute Gasteiger partial charge is 0.497 e. The van der Waals surface area contributed by atoms with Crippen molar-refractivity contribution in [1.29, 1.82) is 0 Å². The highest BCUT2D eigenvalue weighted by molar-refractivity contribution is 6.30. The van der Waals surface area contributed by atoms with Gasteiger partial charge in [0, 0.05) is 10.7 Å². The van der Waals surface area contributed by atoms with Gasteiger partial charge in [-0.2, -0.15) is 0 Å². The fourth-order valence-electron chi connectivity index (χ4n) is 1.68. The summed E-state index contributed by atoms with van der Waals surface area (Å²) in [7, 11) is 1.56. The molecule has 3 amide bonds. The Kier molecular flexibility index (Phi) is 6.27. The minimum Gasteiger partial charge on any atom is -0.497 e. The Labute approximate surface area is 143 Å². The van der Waals surface area contributed by atoms with Crippen LogP contribution in [0, 0.1) is 0 Å². The van der Waals surface area contributed by atoms with Gasteiger partial charge in [0.1, 0.15) is 11.5 Å². The van der Waals surface area contributed by atoms with Gasteiger partial charge in [-0.05, 0) is 48.5 Å². The molecule has 2 aromatic carbocycles. The molecule has 0 saturated heterocycles. The highest BCUT2D eigenvalue weighted by atomic mass is 35.5. The number of carbonyl (C=O) groups excluding carboxylic acids is 2. The van der Waals surface area contributed by atoms with Crippen molar-refractivity contribution in [3.05, 3.63) is 53.6 Å². The van der Waals surface area contributed by atoms with Crippen LogP contribution in [-0.4, -0.2) is 25.7 Å². The van der Waals surface area contributed by atoms with Crippen molar-refractivity contribution < 1.29 is 19.1 Å². The van der Waals surface area contributed by atoms with E-state index in [1.807, 2.05) is 0 Å². The molecule has 0 aliphatic heterocycles. The van der Waals surface area contributed by atoms with Gasteiger partial charge in [0.15, 0.2) is 6.61 Å². The molecular weight excluding hydrogens is 334 g/mol. The van der Waals surface area contributed by atoms with E-state index in [0.717, 1.165) is 0 Å². The van der Waals surface area contributed by atoms with Crippen LogP contribution in [0.2, 0.25) is 5.02 Å². The minimum atomic E-state index is -0.588. The molecule has 0 atom stereocenters. The predicted octanol–water partition coefficient (Wildman–Crippen LogP) is 2.58. The first-order valence-corrected chi connectivity index (χ1v) is 7.33. The van der Waals surface area contributed by atoms with Crippen molar-refractivity contribution >= 4 is 29.2 Å². The van der Waals surface area contributed by atoms with Crippen LogP contribution in [0.3, 0.4) is 0 Å². The van der Waals surface area contributed by atoms with Crippen LogP contribution < -0.4 is 25.6 Å². The van der Waals surface area contributed by atoms with Gasteiger partial charge in [0.2, 0.25) is 0 Å². The monoisotopic (exact) mass is 349 g/mol. The van der Waals surface area contributed by atoms with E-state index in [1.165, 1.54) is 0 Å². The van der Waals surface area contributed by atoms with Gasteiger partial charge in [-0.3, -0.25) is 10.2 Å². The summed E-state index contributed by atoms with van der Waals surface area (Å²) >= 11 is 5.75. The van der Waals surface area contributed by atoms with Gasteiger partial charge in [0.25, 0.3) is 5.91 Å². The van der Waals surface area contributed by atoms with E-state index >= 15 is 0 Å². The third-order valence-electron chi connectivity index (χ3n) is 2.85. The summed E-state index contributed by atoms with van der Waals surface area (Å²) in [5.41, 5.74) is 4.99. The molecule has 0 spiro atoms.